The molecule has 8 heteroatoms. The second-order valence-electron chi connectivity index (χ2n) is 11.2. The smallest absolute Gasteiger partial charge is 0.339 e. The second kappa shape index (κ2) is 24.6. The van der Waals surface area contributed by atoms with Gasteiger partial charge in [0, 0.05) is 25.1 Å². The Morgan fingerprint density at radius 3 is 1.98 bits per heavy atom. The molecule has 248 valence electrons. The van der Waals surface area contributed by atoms with Crippen molar-refractivity contribution in [1.29, 1.82) is 0 Å². The zero-order chi connectivity index (χ0) is 33.3. The van der Waals surface area contributed by atoms with Crippen LogP contribution in [0.25, 0.3) is 0 Å². The summed E-state index contributed by atoms with van der Waals surface area (Å²) in [6.45, 7) is 6.41. The summed E-state index contributed by atoms with van der Waals surface area (Å²) in [4.78, 5) is 37.3. The molecule has 2 unspecified atom stereocenters. The topological polar surface area (TPSA) is 122 Å². The molecule has 0 aliphatic heterocycles. The highest BCUT2D eigenvalue weighted by Gasteiger charge is 2.28. The largest absolute Gasteiger partial charge is 0.507 e. The van der Waals surface area contributed by atoms with Crippen molar-refractivity contribution in [3.8, 4) is 5.75 Å². The van der Waals surface area contributed by atoms with Crippen molar-refractivity contribution in [3.05, 3.63) is 84.5 Å². The minimum atomic E-state index is -1.31. The Bertz CT molecular complexity index is 1160. The molecule has 3 N–H and O–H groups in total. The lowest BCUT2D eigenvalue weighted by molar-refractivity contribution is -0.165. The van der Waals surface area contributed by atoms with E-state index in [2.05, 4.69) is 73.0 Å². The number of hydrogen-bond acceptors (Lipinski definition) is 6. The molecule has 0 aliphatic carbocycles. The van der Waals surface area contributed by atoms with Crippen molar-refractivity contribution in [2.75, 3.05) is 19.0 Å². The number of phenols is 1. The lowest BCUT2D eigenvalue weighted by atomic mass is 9.91. The maximum Gasteiger partial charge on any atom is 0.339 e. The molecule has 1 rings (SSSR count). The molecular formula is C37H53NO7. The number of hydrogen-bond donors (Lipinski definition) is 3. The van der Waals surface area contributed by atoms with Crippen molar-refractivity contribution in [2.45, 2.75) is 91.3 Å². The van der Waals surface area contributed by atoms with Gasteiger partial charge >= 0.3 is 5.97 Å². The molecule has 0 heterocycles. The number of rotatable bonds is 24. The summed E-state index contributed by atoms with van der Waals surface area (Å²) in [6, 6.07) is 3.80. The predicted molar refractivity (Wildman–Crippen MR) is 181 cm³/mol. The number of unbranched alkanes of at least 4 members (excludes halogenated alkanes) is 2. The highest BCUT2D eigenvalue weighted by atomic mass is 16.7. The van der Waals surface area contributed by atoms with Crippen LogP contribution in [0.4, 0.5) is 5.69 Å². The normalized spacial score (nSPS) is 13.6. The van der Waals surface area contributed by atoms with Crippen LogP contribution in [0.15, 0.2) is 79.0 Å². The minimum absolute atomic E-state index is 0.0770. The number of carboxylic acids is 1. The van der Waals surface area contributed by atoms with Crippen LogP contribution >= 0.6 is 0 Å². The molecule has 0 aromatic heterocycles. The first-order valence-electron chi connectivity index (χ1n) is 16.0. The maximum absolute atomic E-state index is 13.0. The Morgan fingerprint density at radius 2 is 1.44 bits per heavy atom. The standard InChI is InChI=1S/C37H53NO7/c1-5-6-7-8-9-10-11-12-13-14-15-16-17-18-19-20-21-22-25-45-37(44-4)34(40)27-30(26-29(2)3)35(41)38-31-23-24-33(39)32(28-31)36(42)43/h6-7,9-10,12-13,15-16,18-19,23-24,28-30,37,39H,5,8,11,14,17,20-22,25-27H2,1-4H3,(H,38,41)(H,42,43)/b7-6-,10-9-,13-12-,16-15-,19-18-. The molecule has 45 heavy (non-hydrogen) atoms. The molecule has 0 radical (unpaired) electrons. The van der Waals surface area contributed by atoms with Crippen LogP contribution in [-0.4, -0.2) is 47.9 Å². The van der Waals surface area contributed by atoms with Gasteiger partial charge in [0.2, 0.25) is 12.2 Å². The van der Waals surface area contributed by atoms with E-state index in [1.54, 1.807) is 0 Å². The van der Waals surface area contributed by atoms with Gasteiger partial charge in [-0.2, -0.15) is 0 Å². The van der Waals surface area contributed by atoms with E-state index in [-0.39, 0.29) is 29.4 Å². The third-order valence-corrected chi connectivity index (χ3v) is 6.74. The van der Waals surface area contributed by atoms with Gasteiger partial charge in [0.25, 0.3) is 0 Å². The van der Waals surface area contributed by atoms with Crippen LogP contribution in [0.1, 0.15) is 95.3 Å². The maximum atomic E-state index is 13.0. The molecule has 0 saturated heterocycles. The lowest BCUT2D eigenvalue weighted by Crippen LogP contribution is -2.33. The highest BCUT2D eigenvalue weighted by molar-refractivity contribution is 5.98. The average Bonchev–Trinajstić information content (AvgIpc) is 3.00. The number of carbonyl (C=O) groups is 3. The summed E-state index contributed by atoms with van der Waals surface area (Å²) in [7, 11) is 1.40. The van der Waals surface area contributed by atoms with Gasteiger partial charge in [0.05, 0.1) is 6.61 Å². The van der Waals surface area contributed by atoms with Gasteiger partial charge in [-0.3, -0.25) is 9.59 Å². The number of amides is 1. The van der Waals surface area contributed by atoms with Crippen LogP contribution < -0.4 is 5.32 Å². The molecule has 1 amide bonds. The van der Waals surface area contributed by atoms with Crippen molar-refractivity contribution >= 4 is 23.3 Å². The van der Waals surface area contributed by atoms with Gasteiger partial charge in [-0.25, -0.2) is 4.79 Å². The molecule has 0 bridgehead atoms. The monoisotopic (exact) mass is 623 g/mol. The van der Waals surface area contributed by atoms with E-state index in [0.717, 1.165) is 51.4 Å². The van der Waals surface area contributed by atoms with E-state index in [1.807, 2.05) is 13.8 Å². The fourth-order valence-electron chi connectivity index (χ4n) is 4.44. The Morgan fingerprint density at radius 1 is 0.867 bits per heavy atom. The third-order valence-electron chi connectivity index (χ3n) is 6.74. The number of aromatic carboxylic acids is 1. The summed E-state index contributed by atoms with van der Waals surface area (Å²) in [5.41, 5.74) is -0.0954. The second-order valence-corrected chi connectivity index (χ2v) is 11.2. The predicted octanol–water partition coefficient (Wildman–Crippen LogP) is 8.56. The summed E-state index contributed by atoms with van der Waals surface area (Å²) in [5.74, 6) is -2.96. The number of ketones is 1. The van der Waals surface area contributed by atoms with E-state index in [0.29, 0.717) is 13.0 Å². The van der Waals surface area contributed by atoms with Crippen LogP contribution in [0.2, 0.25) is 0 Å². The van der Waals surface area contributed by atoms with E-state index in [9.17, 15) is 24.6 Å². The summed E-state index contributed by atoms with van der Waals surface area (Å²) in [5, 5.41) is 21.6. The van der Waals surface area contributed by atoms with Gasteiger partial charge in [0.15, 0.2) is 5.78 Å². The molecule has 8 nitrogen and oxygen atoms in total. The van der Waals surface area contributed by atoms with Gasteiger partial charge in [-0.05, 0) is 81.9 Å². The van der Waals surface area contributed by atoms with Crippen molar-refractivity contribution in [2.24, 2.45) is 11.8 Å². The van der Waals surface area contributed by atoms with Crippen LogP contribution in [0, 0.1) is 11.8 Å². The molecule has 1 aromatic rings. The Balaban J connectivity index is 2.37. The fraction of sp³-hybridized carbons (Fsp3) is 0.486. The Hall–Kier alpha value is -3.75. The number of carbonyl (C=O) groups excluding carboxylic acids is 2. The van der Waals surface area contributed by atoms with E-state index >= 15 is 0 Å². The van der Waals surface area contributed by atoms with Gasteiger partial charge in [-0.15, -0.1) is 0 Å². The van der Waals surface area contributed by atoms with Crippen LogP contribution in [-0.2, 0) is 19.1 Å². The molecule has 0 saturated carbocycles. The van der Waals surface area contributed by atoms with Gasteiger partial charge in [-0.1, -0.05) is 81.5 Å². The van der Waals surface area contributed by atoms with Gasteiger partial charge < -0.3 is 25.0 Å². The highest BCUT2D eigenvalue weighted by Crippen LogP contribution is 2.24. The zero-order valence-electron chi connectivity index (χ0n) is 27.5. The Labute approximate surface area is 269 Å². The Kier molecular flexibility index (Phi) is 21.4. The van der Waals surface area contributed by atoms with Crippen molar-refractivity contribution in [1.82, 2.24) is 0 Å². The summed E-state index contributed by atoms with van der Waals surface area (Å²) >= 11 is 0. The number of methoxy groups -OCH3 is 1. The first kappa shape index (κ1) is 39.3. The number of anilines is 1. The van der Waals surface area contributed by atoms with Crippen LogP contribution in [0.3, 0.4) is 0 Å². The van der Waals surface area contributed by atoms with E-state index < -0.39 is 29.8 Å². The number of Topliss-reactive ketones (excluding diaryl/α,β-unsaturated/α-hetero) is 1. The third kappa shape index (κ3) is 18.6. The number of allylic oxidation sites excluding steroid dienone is 10. The van der Waals surface area contributed by atoms with Crippen LogP contribution in [0.5, 0.6) is 5.75 Å². The molecule has 0 spiro atoms. The van der Waals surface area contributed by atoms with Crippen molar-refractivity contribution < 1.29 is 34.1 Å². The summed E-state index contributed by atoms with van der Waals surface area (Å²) < 4.78 is 11.0. The average molecular weight is 624 g/mol. The number of ether oxygens (including phenoxy) is 2. The zero-order valence-corrected chi connectivity index (χ0v) is 27.5. The SMILES string of the molecule is CC/C=C\C/C=C\C/C=C\C/C=C\C/C=C\CCCCOC(OC)C(=O)CC(CC(C)C)C(=O)Nc1ccc(O)c(C(=O)O)c1. The minimum Gasteiger partial charge on any atom is -0.507 e. The molecular weight excluding hydrogens is 570 g/mol. The van der Waals surface area contributed by atoms with E-state index in [4.69, 9.17) is 9.47 Å². The summed E-state index contributed by atoms with van der Waals surface area (Å²) in [6.07, 6.45) is 28.5. The van der Waals surface area contributed by atoms with Gasteiger partial charge in [0.1, 0.15) is 11.3 Å². The molecule has 2 atom stereocenters. The number of benzene rings is 1. The fourth-order valence-corrected chi connectivity index (χ4v) is 4.44. The molecule has 1 aromatic carbocycles. The first-order valence-corrected chi connectivity index (χ1v) is 16.0. The number of aromatic hydroxyl groups is 1. The quantitative estimate of drug-likeness (QED) is 0.0456. The van der Waals surface area contributed by atoms with E-state index in [1.165, 1.54) is 25.3 Å². The number of nitrogens with one attached hydrogen (secondary N) is 1. The first-order chi connectivity index (χ1) is 21.7. The molecule has 0 fully saturated rings. The molecule has 0 aliphatic rings. The lowest BCUT2D eigenvalue weighted by Gasteiger charge is -2.21. The number of carboxylic acid groups (broad SMARTS) is 1. The van der Waals surface area contributed by atoms with Crippen molar-refractivity contribution in [3.63, 3.8) is 0 Å².